The number of ether oxygens (including phenoxy) is 3. The number of nitrogen functional groups attached to an aromatic ring is 1. The van der Waals surface area contributed by atoms with Crippen molar-refractivity contribution in [2.24, 2.45) is 0 Å². The lowest BCUT2D eigenvalue weighted by molar-refractivity contribution is -0.145. The third kappa shape index (κ3) is 5.98. The number of amides is 1. The van der Waals surface area contributed by atoms with Crippen molar-refractivity contribution in [2.45, 2.75) is 32.4 Å². The number of rotatable bonds is 8. The van der Waals surface area contributed by atoms with E-state index in [1.165, 1.54) is 19.2 Å². The monoisotopic (exact) mass is 413 g/mol. The maximum absolute atomic E-state index is 12.5. The fraction of sp³-hybridized carbons (Fsp3) is 0.579. The van der Waals surface area contributed by atoms with Gasteiger partial charge in [0.2, 0.25) is 0 Å². The molecule has 0 aromatic heterocycles. The Balaban J connectivity index is 1.91. The number of carbonyl (C=O) groups is 2. The number of hydrogen-bond donors (Lipinski definition) is 2. The number of esters is 1. The van der Waals surface area contributed by atoms with Crippen molar-refractivity contribution >= 4 is 29.2 Å². The molecular weight excluding hydrogens is 386 g/mol. The molecule has 2 rings (SSSR count). The second-order valence-corrected chi connectivity index (χ2v) is 7.04. The standard InChI is InChI=1S/C19H28ClN3O5/c1-4-27-18(24)7-12(2)23-5-6-28-13(11-23)10-22-19(25)14-8-15(20)16(21)9-17(14)26-3/h8-9,12-13H,4-7,10-11,21H2,1-3H3,(H,22,25)/t12?,13-/m1/s1. The average molecular weight is 414 g/mol. The van der Waals surface area contributed by atoms with Crippen molar-refractivity contribution in [3.05, 3.63) is 22.7 Å². The Labute approximate surface area is 170 Å². The van der Waals surface area contributed by atoms with Crippen LogP contribution in [-0.2, 0) is 14.3 Å². The van der Waals surface area contributed by atoms with Crippen molar-refractivity contribution in [3.63, 3.8) is 0 Å². The molecule has 1 aliphatic rings. The van der Waals surface area contributed by atoms with Gasteiger partial charge < -0.3 is 25.3 Å². The van der Waals surface area contributed by atoms with Gasteiger partial charge in [-0.05, 0) is 19.9 Å². The molecule has 1 amide bonds. The molecule has 1 aromatic rings. The van der Waals surface area contributed by atoms with Gasteiger partial charge in [0, 0.05) is 31.7 Å². The minimum atomic E-state index is -0.320. The van der Waals surface area contributed by atoms with E-state index in [0.29, 0.717) is 54.7 Å². The minimum absolute atomic E-state index is 0.0390. The molecule has 0 radical (unpaired) electrons. The van der Waals surface area contributed by atoms with Crippen LogP contribution in [0.3, 0.4) is 0 Å². The van der Waals surface area contributed by atoms with Crippen LogP contribution in [-0.4, -0.2) is 68.9 Å². The highest BCUT2D eigenvalue weighted by Gasteiger charge is 2.26. The maximum Gasteiger partial charge on any atom is 0.307 e. The lowest BCUT2D eigenvalue weighted by Crippen LogP contribution is -2.50. The quantitative estimate of drug-likeness (QED) is 0.493. The van der Waals surface area contributed by atoms with Crippen molar-refractivity contribution in [1.82, 2.24) is 10.2 Å². The maximum atomic E-state index is 12.5. The Hall–Kier alpha value is -2.03. The molecule has 9 heteroatoms. The van der Waals surface area contributed by atoms with E-state index in [-0.39, 0.29) is 24.0 Å². The zero-order valence-electron chi connectivity index (χ0n) is 16.5. The number of morpholine rings is 1. The SMILES string of the molecule is CCOC(=O)CC(C)N1CCO[C@H](CNC(=O)c2cc(Cl)c(N)cc2OC)C1. The number of hydrogen-bond acceptors (Lipinski definition) is 7. The zero-order chi connectivity index (χ0) is 20.7. The smallest absolute Gasteiger partial charge is 0.307 e. The molecule has 0 aliphatic carbocycles. The summed E-state index contributed by atoms with van der Waals surface area (Å²) in [6.45, 7) is 6.35. The summed E-state index contributed by atoms with van der Waals surface area (Å²) in [7, 11) is 1.46. The summed E-state index contributed by atoms with van der Waals surface area (Å²) in [6, 6.07) is 3.05. The number of nitrogens with zero attached hydrogens (tertiary/aromatic N) is 1. The summed E-state index contributed by atoms with van der Waals surface area (Å²) in [5.74, 6) is -0.175. The van der Waals surface area contributed by atoms with E-state index in [1.807, 2.05) is 6.92 Å². The molecule has 1 aliphatic heterocycles. The third-order valence-electron chi connectivity index (χ3n) is 4.61. The Bertz CT molecular complexity index is 700. The molecule has 1 aromatic carbocycles. The van der Waals surface area contributed by atoms with Crippen molar-refractivity contribution in [2.75, 3.05) is 45.7 Å². The third-order valence-corrected chi connectivity index (χ3v) is 4.94. The molecule has 3 N–H and O–H groups in total. The van der Waals surface area contributed by atoms with Gasteiger partial charge in [0.15, 0.2) is 0 Å². The van der Waals surface area contributed by atoms with Gasteiger partial charge in [-0.1, -0.05) is 11.6 Å². The van der Waals surface area contributed by atoms with Crippen LogP contribution in [0.5, 0.6) is 5.75 Å². The molecule has 8 nitrogen and oxygen atoms in total. The summed E-state index contributed by atoms with van der Waals surface area (Å²) >= 11 is 6.02. The molecule has 2 atom stereocenters. The van der Waals surface area contributed by atoms with Gasteiger partial charge in [-0.15, -0.1) is 0 Å². The van der Waals surface area contributed by atoms with Crippen LogP contribution >= 0.6 is 11.6 Å². The number of nitrogens with one attached hydrogen (secondary N) is 1. The molecule has 1 heterocycles. The van der Waals surface area contributed by atoms with Crippen LogP contribution in [0.15, 0.2) is 12.1 Å². The van der Waals surface area contributed by atoms with Crippen LogP contribution in [0.25, 0.3) is 0 Å². The second-order valence-electron chi connectivity index (χ2n) is 6.63. The lowest BCUT2D eigenvalue weighted by atomic mass is 10.1. The van der Waals surface area contributed by atoms with Gasteiger partial charge in [-0.25, -0.2) is 0 Å². The molecule has 1 unspecified atom stereocenters. The number of methoxy groups -OCH3 is 1. The second kappa shape index (κ2) is 10.5. The normalized spacial score (nSPS) is 18.4. The molecular formula is C19H28ClN3O5. The van der Waals surface area contributed by atoms with Crippen LogP contribution in [0.2, 0.25) is 5.02 Å². The van der Waals surface area contributed by atoms with Gasteiger partial charge in [0.05, 0.1) is 49.1 Å². The molecule has 28 heavy (non-hydrogen) atoms. The topological polar surface area (TPSA) is 103 Å². The molecule has 156 valence electrons. The van der Waals surface area contributed by atoms with E-state index in [0.717, 1.165) is 6.54 Å². The first-order chi connectivity index (χ1) is 13.3. The van der Waals surface area contributed by atoms with Crippen LogP contribution in [0.1, 0.15) is 30.6 Å². The van der Waals surface area contributed by atoms with Gasteiger partial charge in [0.25, 0.3) is 5.91 Å². The molecule has 0 saturated carbocycles. The number of nitrogens with two attached hydrogens (primary N) is 1. The first-order valence-corrected chi connectivity index (χ1v) is 9.66. The summed E-state index contributed by atoms with van der Waals surface area (Å²) in [4.78, 5) is 26.4. The summed E-state index contributed by atoms with van der Waals surface area (Å²) < 4.78 is 16.0. The Morgan fingerprint density at radius 1 is 1.46 bits per heavy atom. The molecule has 0 spiro atoms. The highest BCUT2D eigenvalue weighted by molar-refractivity contribution is 6.33. The van der Waals surface area contributed by atoms with Crippen LogP contribution < -0.4 is 15.8 Å². The lowest BCUT2D eigenvalue weighted by Gasteiger charge is -2.36. The first-order valence-electron chi connectivity index (χ1n) is 9.28. The van der Waals surface area contributed by atoms with Crippen LogP contribution in [0.4, 0.5) is 5.69 Å². The highest BCUT2D eigenvalue weighted by Crippen LogP contribution is 2.28. The van der Waals surface area contributed by atoms with Gasteiger partial charge >= 0.3 is 5.97 Å². The van der Waals surface area contributed by atoms with Gasteiger partial charge in [-0.2, -0.15) is 0 Å². The predicted octanol–water partition coefficient (Wildman–Crippen LogP) is 1.70. The van der Waals surface area contributed by atoms with E-state index in [1.54, 1.807) is 6.92 Å². The highest BCUT2D eigenvalue weighted by atomic mass is 35.5. The molecule has 0 bridgehead atoms. The number of anilines is 1. The summed E-state index contributed by atoms with van der Waals surface area (Å²) in [5, 5.41) is 3.14. The number of carbonyl (C=O) groups excluding carboxylic acids is 2. The fourth-order valence-corrected chi connectivity index (χ4v) is 3.24. The molecule has 1 fully saturated rings. The van der Waals surface area contributed by atoms with Crippen LogP contribution in [0, 0.1) is 0 Å². The Morgan fingerprint density at radius 3 is 2.89 bits per heavy atom. The Morgan fingerprint density at radius 2 is 2.21 bits per heavy atom. The minimum Gasteiger partial charge on any atom is -0.496 e. The van der Waals surface area contributed by atoms with E-state index in [2.05, 4.69) is 10.2 Å². The average Bonchev–Trinajstić information content (AvgIpc) is 2.68. The predicted molar refractivity (Wildman–Crippen MR) is 107 cm³/mol. The summed E-state index contributed by atoms with van der Waals surface area (Å²) in [5.41, 5.74) is 6.41. The summed E-state index contributed by atoms with van der Waals surface area (Å²) in [6.07, 6.45) is 0.145. The largest absolute Gasteiger partial charge is 0.496 e. The van der Waals surface area contributed by atoms with Crippen molar-refractivity contribution in [3.8, 4) is 5.75 Å². The van der Waals surface area contributed by atoms with Crippen molar-refractivity contribution in [1.29, 1.82) is 0 Å². The number of halogens is 1. The van der Waals surface area contributed by atoms with E-state index in [9.17, 15) is 9.59 Å². The van der Waals surface area contributed by atoms with E-state index >= 15 is 0 Å². The van der Waals surface area contributed by atoms with Crippen molar-refractivity contribution < 1.29 is 23.8 Å². The van der Waals surface area contributed by atoms with E-state index in [4.69, 9.17) is 31.5 Å². The Kier molecular flexibility index (Phi) is 8.35. The fourth-order valence-electron chi connectivity index (χ4n) is 3.07. The van der Waals surface area contributed by atoms with Gasteiger partial charge in [-0.3, -0.25) is 14.5 Å². The molecule has 1 saturated heterocycles. The van der Waals surface area contributed by atoms with Gasteiger partial charge in [0.1, 0.15) is 5.75 Å². The van der Waals surface area contributed by atoms with E-state index < -0.39 is 0 Å². The zero-order valence-corrected chi connectivity index (χ0v) is 17.3. The first kappa shape index (κ1) is 22.3. The number of benzene rings is 1.